The van der Waals surface area contributed by atoms with Crippen LogP contribution in [0.2, 0.25) is 5.02 Å². The van der Waals surface area contributed by atoms with Crippen molar-refractivity contribution in [2.75, 3.05) is 7.11 Å². The molecule has 6 nitrogen and oxygen atoms in total. The first-order valence-corrected chi connectivity index (χ1v) is 10.5. The Hall–Kier alpha value is -1.32. The molecule has 0 amide bonds. The number of halogens is 1. The van der Waals surface area contributed by atoms with Gasteiger partial charge in [0.2, 0.25) is 0 Å². The molecular weight excluding hydrogens is 416 g/mol. The van der Waals surface area contributed by atoms with Crippen molar-refractivity contribution in [3.8, 4) is 0 Å². The molecule has 0 saturated carbocycles. The molecule has 8 heteroatoms. The van der Waals surface area contributed by atoms with Crippen LogP contribution in [0.15, 0.2) is 24.3 Å². The molecule has 0 aliphatic carbocycles. The average Bonchev–Trinajstić information content (AvgIpc) is 3.14. The van der Waals surface area contributed by atoms with E-state index in [2.05, 4.69) is 0 Å². The topological polar surface area (TPSA) is 96.2 Å². The van der Waals surface area contributed by atoms with Crippen LogP contribution in [0.1, 0.15) is 45.1 Å². The molecule has 2 aromatic rings. The maximum absolute atomic E-state index is 11.0. The number of hydrogen-bond donors (Lipinski definition) is 3. The summed E-state index contributed by atoms with van der Waals surface area (Å²) in [6.45, 7) is 3.57. The lowest BCUT2D eigenvalue weighted by atomic mass is 9.79. The normalized spacial score (nSPS) is 29.8. The van der Waals surface area contributed by atoms with Crippen LogP contribution in [-0.4, -0.2) is 53.1 Å². The van der Waals surface area contributed by atoms with E-state index in [0.717, 1.165) is 22.3 Å². The van der Waals surface area contributed by atoms with Crippen LogP contribution in [0.5, 0.6) is 0 Å². The van der Waals surface area contributed by atoms with Crippen molar-refractivity contribution in [3.63, 3.8) is 0 Å². The molecule has 0 unspecified atom stereocenters. The van der Waals surface area contributed by atoms with Crippen molar-refractivity contribution in [2.24, 2.45) is 0 Å². The molecule has 1 aromatic carbocycles. The predicted molar refractivity (Wildman–Crippen MR) is 111 cm³/mol. The average molecular weight is 441 g/mol. The third kappa shape index (κ3) is 4.27. The fraction of sp³-hybridized carbons (Fsp3) is 0.476. The van der Waals surface area contributed by atoms with E-state index in [4.69, 9.17) is 21.1 Å². The van der Waals surface area contributed by atoms with Gasteiger partial charge in [0.1, 0.15) is 23.9 Å². The summed E-state index contributed by atoms with van der Waals surface area (Å²) in [4.78, 5) is 12.6. The Bertz CT molecular complexity index is 884. The zero-order chi connectivity index (χ0) is 21.3. The zero-order valence-electron chi connectivity index (χ0n) is 16.5. The van der Waals surface area contributed by atoms with Crippen LogP contribution in [-0.2, 0) is 28.1 Å². The first-order valence-electron chi connectivity index (χ1n) is 9.28. The van der Waals surface area contributed by atoms with Crippen molar-refractivity contribution >= 4 is 29.2 Å². The maximum Gasteiger partial charge on any atom is 0.160 e. The Kier molecular flexibility index (Phi) is 6.80. The summed E-state index contributed by atoms with van der Waals surface area (Å²) in [5.41, 5.74) is 0.884. The van der Waals surface area contributed by atoms with E-state index < -0.39 is 30.0 Å². The number of carbonyl (C=O) groups is 1. The summed E-state index contributed by atoms with van der Waals surface area (Å²) in [7, 11) is 1.56. The number of ether oxygens (including phenoxy) is 2. The van der Waals surface area contributed by atoms with Gasteiger partial charge in [0, 0.05) is 23.4 Å². The minimum Gasteiger partial charge on any atom is -0.388 e. The molecule has 1 fully saturated rings. The number of carbonyl (C=O) groups excluding carboxylic acids is 1. The third-order valence-corrected chi connectivity index (χ3v) is 6.78. The predicted octanol–water partition coefficient (Wildman–Crippen LogP) is 2.67. The highest BCUT2D eigenvalue weighted by Gasteiger charge is 2.51. The summed E-state index contributed by atoms with van der Waals surface area (Å²) < 4.78 is 11.3. The number of aldehydes is 1. The summed E-state index contributed by atoms with van der Waals surface area (Å²) in [6.07, 6.45) is -3.26. The van der Waals surface area contributed by atoms with Crippen molar-refractivity contribution < 1.29 is 29.6 Å². The monoisotopic (exact) mass is 440 g/mol. The van der Waals surface area contributed by atoms with Crippen LogP contribution in [0.3, 0.4) is 0 Å². The van der Waals surface area contributed by atoms with Gasteiger partial charge in [-0.05, 0) is 48.7 Å². The van der Waals surface area contributed by atoms with Crippen molar-refractivity contribution in [1.29, 1.82) is 0 Å². The minimum absolute atomic E-state index is 0.238. The molecule has 1 aliphatic rings. The van der Waals surface area contributed by atoms with Gasteiger partial charge in [-0.1, -0.05) is 17.7 Å². The molecule has 2 heterocycles. The lowest BCUT2D eigenvalue weighted by Gasteiger charge is -2.47. The second-order valence-electron chi connectivity index (χ2n) is 7.49. The number of rotatable bonds is 6. The Morgan fingerprint density at radius 3 is 2.59 bits per heavy atom. The van der Waals surface area contributed by atoms with Crippen molar-refractivity contribution in [3.05, 3.63) is 55.7 Å². The highest BCUT2D eigenvalue weighted by molar-refractivity contribution is 7.13. The van der Waals surface area contributed by atoms with Crippen LogP contribution < -0.4 is 0 Å². The van der Waals surface area contributed by atoms with E-state index in [9.17, 15) is 20.1 Å². The van der Waals surface area contributed by atoms with Crippen LogP contribution in [0.4, 0.5) is 0 Å². The van der Waals surface area contributed by atoms with E-state index in [1.807, 2.05) is 12.1 Å². The summed E-state index contributed by atoms with van der Waals surface area (Å²) in [5, 5.41) is 31.7. The molecule has 158 valence electrons. The Morgan fingerprint density at radius 2 is 1.97 bits per heavy atom. The van der Waals surface area contributed by atoms with E-state index in [0.29, 0.717) is 21.9 Å². The van der Waals surface area contributed by atoms with Gasteiger partial charge >= 0.3 is 0 Å². The molecular formula is C21H25ClO6S. The SMILES string of the molecule is COCc1cc(Cl)c(Cc2ccc(C=O)s2)cc1[C@]1(C)O[C@H](C)[C@@H](O)[C@H](O)[C@H]1O. The third-order valence-electron chi connectivity index (χ3n) is 5.42. The molecule has 0 spiro atoms. The number of thiophene rings is 1. The first kappa shape index (κ1) is 22.4. The van der Waals surface area contributed by atoms with Gasteiger partial charge in [0.25, 0.3) is 0 Å². The lowest BCUT2D eigenvalue weighted by Crippen LogP contribution is -2.61. The maximum atomic E-state index is 11.0. The zero-order valence-corrected chi connectivity index (χ0v) is 18.0. The number of hydrogen-bond acceptors (Lipinski definition) is 7. The van der Waals surface area contributed by atoms with E-state index in [1.165, 1.54) is 11.3 Å². The smallest absolute Gasteiger partial charge is 0.160 e. The second-order valence-corrected chi connectivity index (χ2v) is 9.10. The number of aliphatic hydroxyl groups is 3. The van der Waals surface area contributed by atoms with Crippen molar-refractivity contribution in [1.82, 2.24) is 0 Å². The molecule has 0 radical (unpaired) electrons. The van der Waals surface area contributed by atoms with Crippen LogP contribution in [0.25, 0.3) is 0 Å². The Morgan fingerprint density at radius 1 is 1.24 bits per heavy atom. The van der Waals surface area contributed by atoms with Gasteiger partial charge < -0.3 is 24.8 Å². The highest BCUT2D eigenvalue weighted by Crippen LogP contribution is 2.41. The van der Waals surface area contributed by atoms with Gasteiger partial charge in [0.15, 0.2) is 6.29 Å². The second kappa shape index (κ2) is 8.81. The Labute approximate surface area is 178 Å². The van der Waals surface area contributed by atoms with Crippen LogP contribution >= 0.6 is 22.9 Å². The molecule has 3 rings (SSSR count). The quantitative estimate of drug-likeness (QED) is 0.597. The molecule has 0 bridgehead atoms. The first-order chi connectivity index (χ1) is 13.7. The fourth-order valence-electron chi connectivity index (χ4n) is 3.81. The Balaban J connectivity index is 2.06. The highest BCUT2D eigenvalue weighted by atomic mass is 35.5. The van der Waals surface area contributed by atoms with Gasteiger partial charge in [-0.15, -0.1) is 11.3 Å². The number of methoxy groups -OCH3 is 1. The molecule has 1 aromatic heterocycles. The molecule has 5 atom stereocenters. The minimum atomic E-state index is -1.36. The number of benzene rings is 1. The van der Waals surface area contributed by atoms with E-state index in [-0.39, 0.29) is 6.61 Å². The largest absolute Gasteiger partial charge is 0.388 e. The van der Waals surface area contributed by atoms with Crippen molar-refractivity contribution in [2.45, 2.75) is 56.9 Å². The standard InChI is InChI=1S/C21H25ClO6S/c1-11-18(24)19(25)20(26)21(2,28-11)16-7-12(17(22)8-13(16)10-27-3)6-14-4-5-15(9-23)29-14/h4-5,7-9,11,18-20,24-26H,6,10H2,1-3H3/t11-,18-,19+,20-,21+/m1/s1. The van der Waals surface area contributed by atoms with Gasteiger partial charge in [-0.25, -0.2) is 0 Å². The lowest BCUT2D eigenvalue weighted by molar-refractivity contribution is -0.263. The van der Waals surface area contributed by atoms with Gasteiger partial charge in [-0.2, -0.15) is 0 Å². The number of aliphatic hydroxyl groups excluding tert-OH is 3. The van der Waals surface area contributed by atoms with E-state index in [1.54, 1.807) is 33.1 Å². The fourth-order valence-corrected chi connectivity index (χ4v) is 4.91. The van der Waals surface area contributed by atoms with Gasteiger partial charge in [-0.3, -0.25) is 4.79 Å². The molecule has 3 N–H and O–H groups in total. The molecule has 1 saturated heterocycles. The molecule has 1 aliphatic heterocycles. The summed E-state index contributed by atoms with van der Waals surface area (Å²) in [6, 6.07) is 7.25. The van der Waals surface area contributed by atoms with E-state index >= 15 is 0 Å². The summed E-state index contributed by atoms with van der Waals surface area (Å²) in [5.74, 6) is 0. The molecule has 29 heavy (non-hydrogen) atoms. The summed E-state index contributed by atoms with van der Waals surface area (Å²) >= 11 is 7.90. The van der Waals surface area contributed by atoms with Gasteiger partial charge in [0.05, 0.1) is 17.6 Å². The van der Waals surface area contributed by atoms with Crippen LogP contribution in [0, 0.1) is 0 Å².